The van der Waals surface area contributed by atoms with Gasteiger partial charge in [0.2, 0.25) is 0 Å². The lowest BCUT2D eigenvalue weighted by Gasteiger charge is -2.18. The van der Waals surface area contributed by atoms with E-state index in [1.165, 1.54) is 11.1 Å². The number of hydrogen-bond acceptors (Lipinski definition) is 0. The average molecular weight is 176 g/mol. The van der Waals surface area contributed by atoms with Gasteiger partial charge < -0.3 is 0 Å². The van der Waals surface area contributed by atoms with E-state index in [1.807, 2.05) is 6.08 Å². The Morgan fingerprint density at radius 1 is 1.08 bits per heavy atom. The molecular formula is C13H20. The minimum Gasteiger partial charge on any atom is -0.0985 e. The third-order valence-corrected chi connectivity index (χ3v) is 2.01. The van der Waals surface area contributed by atoms with Gasteiger partial charge in [0.25, 0.3) is 0 Å². The molecule has 0 aliphatic carbocycles. The van der Waals surface area contributed by atoms with E-state index in [2.05, 4.69) is 51.6 Å². The van der Waals surface area contributed by atoms with Crippen LogP contribution < -0.4 is 0 Å². The Kier molecular flexibility index (Phi) is 3.93. The van der Waals surface area contributed by atoms with Crippen molar-refractivity contribution in [3.63, 3.8) is 0 Å². The van der Waals surface area contributed by atoms with Gasteiger partial charge in [-0.3, -0.25) is 0 Å². The molecule has 1 rings (SSSR count). The van der Waals surface area contributed by atoms with Crippen molar-refractivity contribution in [2.75, 3.05) is 0 Å². The van der Waals surface area contributed by atoms with E-state index in [0.717, 1.165) is 0 Å². The molecule has 0 unspecified atom stereocenters. The first-order valence-corrected chi connectivity index (χ1v) is 4.27. The van der Waals surface area contributed by atoms with Crippen molar-refractivity contribution in [2.45, 2.75) is 33.6 Å². The molecule has 0 spiro atoms. The van der Waals surface area contributed by atoms with Crippen LogP contribution in [0.2, 0.25) is 0 Å². The molecule has 0 saturated heterocycles. The van der Waals surface area contributed by atoms with Gasteiger partial charge in [0.15, 0.2) is 0 Å². The fourth-order valence-electron chi connectivity index (χ4n) is 1.12. The molecule has 0 amide bonds. The minimum absolute atomic E-state index is 0. The van der Waals surface area contributed by atoms with Crippen molar-refractivity contribution < 1.29 is 0 Å². The SMILES string of the molecule is C.C=Cc1ccc(C(C)(C)C)cc1. The fraction of sp³-hybridized carbons (Fsp3) is 0.385. The Labute approximate surface area is 82.3 Å². The molecule has 0 bridgehead atoms. The van der Waals surface area contributed by atoms with Crippen LogP contribution in [0.1, 0.15) is 39.3 Å². The Morgan fingerprint density at radius 3 is 1.85 bits per heavy atom. The maximum atomic E-state index is 3.72. The number of hydrogen-bond donors (Lipinski definition) is 0. The zero-order chi connectivity index (χ0) is 9.19. The lowest BCUT2D eigenvalue weighted by Crippen LogP contribution is -2.10. The Balaban J connectivity index is 0.00000144. The molecule has 0 nitrogen and oxygen atoms in total. The largest absolute Gasteiger partial charge is 0.0985 e. The third-order valence-electron chi connectivity index (χ3n) is 2.01. The van der Waals surface area contributed by atoms with Crippen molar-refractivity contribution >= 4 is 6.08 Å². The Bertz CT molecular complexity index is 259. The van der Waals surface area contributed by atoms with Crippen LogP contribution >= 0.6 is 0 Å². The zero-order valence-corrected chi connectivity index (χ0v) is 8.09. The number of rotatable bonds is 1. The van der Waals surface area contributed by atoms with Crippen LogP contribution in [0.15, 0.2) is 30.8 Å². The second kappa shape index (κ2) is 4.27. The van der Waals surface area contributed by atoms with Gasteiger partial charge in [-0.25, -0.2) is 0 Å². The molecule has 0 saturated carbocycles. The van der Waals surface area contributed by atoms with Crippen molar-refractivity contribution in [3.8, 4) is 0 Å². The van der Waals surface area contributed by atoms with Crippen LogP contribution in [0.3, 0.4) is 0 Å². The second-order valence-corrected chi connectivity index (χ2v) is 4.08. The van der Waals surface area contributed by atoms with Crippen molar-refractivity contribution in [1.82, 2.24) is 0 Å². The molecule has 0 atom stereocenters. The second-order valence-electron chi connectivity index (χ2n) is 4.08. The van der Waals surface area contributed by atoms with Gasteiger partial charge in [0, 0.05) is 0 Å². The van der Waals surface area contributed by atoms with E-state index in [0.29, 0.717) is 0 Å². The van der Waals surface area contributed by atoms with Crippen LogP contribution in [-0.2, 0) is 5.41 Å². The molecule has 0 radical (unpaired) electrons. The van der Waals surface area contributed by atoms with E-state index >= 15 is 0 Å². The quantitative estimate of drug-likeness (QED) is 0.599. The van der Waals surface area contributed by atoms with Crippen LogP contribution in [0.5, 0.6) is 0 Å². The van der Waals surface area contributed by atoms with E-state index in [-0.39, 0.29) is 12.8 Å². The van der Waals surface area contributed by atoms with Crippen molar-refractivity contribution in [1.29, 1.82) is 0 Å². The topological polar surface area (TPSA) is 0 Å². The van der Waals surface area contributed by atoms with Gasteiger partial charge in [0.05, 0.1) is 0 Å². The van der Waals surface area contributed by atoms with Crippen molar-refractivity contribution in [2.24, 2.45) is 0 Å². The smallest absolute Gasteiger partial charge is 0.0132 e. The Morgan fingerprint density at radius 2 is 1.54 bits per heavy atom. The summed E-state index contributed by atoms with van der Waals surface area (Å²) in [4.78, 5) is 0. The summed E-state index contributed by atoms with van der Waals surface area (Å²) in [6, 6.07) is 8.54. The molecule has 1 aromatic rings. The molecule has 0 heteroatoms. The Hall–Kier alpha value is -1.04. The molecule has 1 aromatic carbocycles. The highest BCUT2D eigenvalue weighted by Gasteiger charge is 2.12. The van der Waals surface area contributed by atoms with E-state index in [9.17, 15) is 0 Å². The first-order chi connectivity index (χ1) is 5.54. The summed E-state index contributed by atoms with van der Waals surface area (Å²) in [5, 5.41) is 0. The van der Waals surface area contributed by atoms with Gasteiger partial charge in [-0.2, -0.15) is 0 Å². The first kappa shape index (κ1) is 12.0. The molecular weight excluding hydrogens is 156 g/mol. The normalized spacial score (nSPS) is 10.4. The maximum Gasteiger partial charge on any atom is -0.0132 e. The van der Waals surface area contributed by atoms with Crippen LogP contribution in [0.25, 0.3) is 6.08 Å². The molecule has 0 N–H and O–H groups in total. The van der Waals surface area contributed by atoms with Gasteiger partial charge in [0.1, 0.15) is 0 Å². The van der Waals surface area contributed by atoms with Crippen LogP contribution in [0.4, 0.5) is 0 Å². The van der Waals surface area contributed by atoms with Crippen molar-refractivity contribution in [3.05, 3.63) is 42.0 Å². The predicted molar refractivity (Wildman–Crippen MR) is 62.0 cm³/mol. The maximum absolute atomic E-state index is 3.72. The number of benzene rings is 1. The van der Waals surface area contributed by atoms with Gasteiger partial charge in [-0.15, -0.1) is 0 Å². The fourth-order valence-corrected chi connectivity index (χ4v) is 1.12. The summed E-state index contributed by atoms with van der Waals surface area (Å²) in [5.41, 5.74) is 2.80. The summed E-state index contributed by atoms with van der Waals surface area (Å²) in [6.07, 6.45) is 1.87. The van der Waals surface area contributed by atoms with E-state index < -0.39 is 0 Å². The van der Waals surface area contributed by atoms with Crippen LogP contribution in [0, 0.1) is 0 Å². The summed E-state index contributed by atoms with van der Waals surface area (Å²) in [6.45, 7) is 10.4. The molecule has 0 fully saturated rings. The monoisotopic (exact) mass is 176 g/mol. The molecule has 72 valence electrons. The third kappa shape index (κ3) is 3.06. The predicted octanol–water partition coefficient (Wildman–Crippen LogP) is 4.26. The van der Waals surface area contributed by atoms with E-state index in [1.54, 1.807) is 0 Å². The first-order valence-electron chi connectivity index (χ1n) is 4.27. The molecule has 0 heterocycles. The van der Waals surface area contributed by atoms with Crippen LogP contribution in [-0.4, -0.2) is 0 Å². The van der Waals surface area contributed by atoms with Gasteiger partial charge >= 0.3 is 0 Å². The molecule has 0 aromatic heterocycles. The summed E-state index contributed by atoms with van der Waals surface area (Å²) < 4.78 is 0. The lowest BCUT2D eigenvalue weighted by molar-refractivity contribution is 0.590. The zero-order valence-electron chi connectivity index (χ0n) is 8.09. The summed E-state index contributed by atoms with van der Waals surface area (Å²) >= 11 is 0. The average Bonchev–Trinajstić information content (AvgIpc) is 2.03. The van der Waals surface area contributed by atoms with E-state index in [4.69, 9.17) is 0 Å². The summed E-state index contributed by atoms with van der Waals surface area (Å²) in [7, 11) is 0. The molecule has 0 aliphatic rings. The van der Waals surface area contributed by atoms with Gasteiger partial charge in [-0.1, -0.05) is 65.1 Å². The van der Waals surface area contributed by atoms with Gasteiger partial charge in [-0.05, 0) is 16.5 Å². The lowest BCUT2D eigenvalue weighted by atomic mass is 9.87. The summed E-state index contributed by atoms with van der Waals surface area (Å²) in [5.74, 6) is 0. The molecule has 0 aliphatic heterocycles. The highest BCUT2D eigenvalue weighted by atomic mass is 14.2. The standard InChI is InChI=1S/C12H16.CH4/c1-5-10-6-8-11(9-7-10)12(2,3)4;/h5-9H,1H2,2-4H3;1H4. The minimum atomic E-state index is 0. The molecule has 13 heavy (non-hydrogen) atoms. The highest BCUT2D eigenvalue weighted by Crippen LogP contribution is 2.22. The highest BCUT2D eigenvalue weighted by molar-refractivity contribution is 5.47.